The fourth-order valence-electron chi connectivity index (χ4n) is 3.07. The lowest BCUT2D eigenvalue weighted by Crippen LogP contribution is -1.98. The second-order valence-corrected chi connectivity index (χ2v) is 5.44. The van der Waals surface area contributed by atoms with Crippen LogP contribution < -0.4 is 0 Å². The van der Waals surface area contributed by atoms with Crippen LogP contribution in [-0.4, -0.2) is 9.55 Å². The highest BCUT2D eigenvalue weighted by atomic mass is 15.0. The van der Waals surface area contributed by atoms with Crippen molar-refractivity contribution in [2.24, 2.45) is 0 Å². The summed E-state index contributed by atoms with van der Waals surface area (Å²) in [4.78, 5) is 4.61. The maximum absolute atomic E-state index is 4.61. The molecule has 1 fully saturated rings. The number of aromatic nitrogens is 2. The fraction of sp³-hybridized carbons (Fsp3) is 0.533. The van der Waals surface area contributed by atoms with Crippen molar-refractivity contribution in [3.05, 3.63) is 30.1 Å². The minimum Gasteiger partial charge on any atom is -0.343 e. The van der Waals surface area contributed by atoms with Crippen molar-refractivity contribution >= 4 is 11.0 Å². The van der Waals surface area contributed by atoms with Crippen LogP contribution >= 0.6 is 0 Å². The lowest BCUT2D eigenvalue weighted by Gasteiger charge is -2.08. The van der Waals surface area contributed by atoms with E-state index in [1.807, 2.05) is 12.3 Å². The van der Waals surface area contributed by atoms with Crippen molar-refractivity contribution in [3.63, 3.8) is 0 Å². The molecule has 2 aromatic rings. The van der Waals surface area contributed by atoms with Gasteiger partial charge in [-0.3, -0.25) is 4.98 Å². The van der Waals surface area contributed by atoms with Crippen LogP contribution in [0.2, 0.25) is 0 Å². The van der Waals surface area contributed by atoms with E-state index in [0.29, 0.717) is 6.04 Å². The Morgan fingerprint density at radius 1 is 1.29 bits per heavy atom. The third-order valence-corrected chi connectivity index (χ3v) is 3.97. The van der Waals surface area contributed by atoms with Crippen LogP contribution in [0.15, 0.2) is 24.5 Å². The zero-order valence-corrected chi connectivity index (χ0v) is 10.7. The largest absolute Gasteiger partial charge is 0.343 e. The van der Waals surface area contributed by atoms with Gasteiger partial charge < -0.3 is 4.57 Å². The Labute approximate surface area is 103 Å². The highest BCUT2D eigenvalue weighted by Gasteiger charge is 2.22. The molecule has 2 nitrogen and oxygen atoms in total. The van der Waals surface area contributed by atoms with E-state index < -0.39 is 0 Å². The molecule has 2 heteroatoms. The van der Waals surface area contributed by atoms with Crippen molar-refractivity contribution in [1.29, 1.82) is 0 Å². The molecule has 90 valence electrons. The van der Waals surface area contributed by atoms with E-state index >= 15 is 0 Å². The Bertz CT molecular complexity index is 519. The molecule has 0 aliphatic heterocycles. The molecule has 1 aliphatic rings. The summed E-state index contributed by atoms with van der Waals surface area (Å²) in [5, 5.41) is 0. The van der Waals surface area contributed by atoms with Gasteiger partial charge >= 0.3 is 0 Å². The summed E-state index contributed by atoms with van der Waals surface area (Å²) >= 11 is 0. The lowest BCUT2D eigenvalue weighted by atomic mass is 10.00. The average molecular weight is 228 g/mol. The Kier molecular flexibility index (Phi) is 2.65. The molecule has 0 unspecified atom stereocenters. The summed E-state index contributed by atoms with van der Waals surface area (Å²) < 4.78 is 2.37. The Hall–Kier alpha value is -1.31. The van der Waals surface area contributed by atoms with Gasteiger partial charge in [0.15, 0.2) is 0 Å². The van der Waals surface area contributed by atoms with Crippen molar-refractivity contribution in [2.75, 3.05) is 0 Å². The van der Waals surface area contributed by atoms with Crippen LogP contribution in [0.3, 0.4) is 0 Å². The standard InChI is InChI=1S/C15H20N2/c1-11(2)17-10-13(12-6-3-4-7-12)15-14(17)8-5-9-16-15/h5,8-12H,3-4,6-7H2,1-2H3. The molecule has 1 aliphatic carbocycles. The van der Waals surface area contributed by atoms with Crippen molar-refractivity contribution in [3.8, 4) is 0 Å². The maximum Gasteiger partial charge on any atom is 0.0915 e. The Balaban J connectivity index is 2.17. The first kappa shape index (κ1) is 10.8. The Morgan fingerprint density at radius 2 is 2.06 bits per heavy atom. The van der Waals surface area contributed by atoms with Gasteiger partial charge in [-0.2, -0.15) is 0 Å². The molecule has 0 amide bonds. The van der Waals surface area contributed by atoms with Gasteiger partial charge in [0, 0.05) is 18.4 Å². The SMILES string of the molecule is CC(C)n1cc(C2CCCC2)c2ncccc21. The number of nitrogens with zero attached hydrogens (tertiary/aromatic N) is 2. The molecular weight excluding hydrogens is 208 g/mol. The molecule has 0 atom stereocenters. The number of rotatable bonds is 2. The summed E-state index contributed by atoms with van der Waals surface area (Å²) in [6.45, 7) is 4.48. The van der Waals surface area contributed by atoms with Crippen molar-refractivity contribution < 1.29 is 0 Å². The number of hydrogen-bond acceptors (Lipinski definition) is 1. The number of pyridine rings is 1. The average Bonchev–Trinajstić information content (AvgIpc) is 2.95. The summed E-state index contributed by atoms with van der Waals surface area (Å²) in [7, 11) is 0. The van der Waals surface area contributed by atoms with Crippen LogP contribution in [0.25, 0.3) is 11.0 Å². The molecular formula is C15H20N2. The maximum atomic E-state index is 4.61. The predicted molar refractivity (Wildman–Crippen MR) is 71.3 cm³/mol. The molecule has 2 heterocycles. The molecule has 2 aromatic heterocycles. The molecule has 0 spiro atoms. The first-order chi connectivity index (χ1) is 8.27. The zero-order chi connectivity index (χ0) is 11.8. The minimum absolute atomic E-state index is 0.511. The number of hydrogen-bond donors (Lipinski definition) is 0. The molecule has 0 saturated heterocycles. The van der Waals surface area contributed by atoms with Crippen molar-refractivity contribution in [2.45, 2.75) is 51.5 Å². The normalized spacial score (nSPS) is 17.4. The quantitative estimate of drug-likeness (QED) is 0.750. The van der Waals surface area contributed by atoms with Gasteiger partial charge in [-0.05, 0) is 50.3 Å². The second kappa shape index (κ2) is 4.17. The Morgan fingerprint density at radius 3 is 2.76 bits per heavy atom. The van der Waals surface area contributed by atoms with Crippen LogP contribution in [0.4, 0.5) is 0 Å². The van der Waals surface area contributed by atoms with Crippen LogP contribution in [0.1, 0.15) is 57.1 Å². The van der Waals surface area contributed by atoms with Crippen molar-refractivity contribution in [1.82, 2.24) is 9.55 Å². The van der Waals surface area contributed by atoms with E-state index in [2.05, 4.69) is 35.7 Å². The minimum atomic E-state index is 0.511. The van der Waals surface area contributed by atoms with Gasteiger partial charge in [-0.1, -0.05) is 12.8 Å². The predicted octanol–water partition coefficient (Wildman–Crippen LogP) is 4.27. The summed E-state index contributed by atoms with van der Waals surface area (Å²) in [6, 6.07) is 4.75. The first-order valence-corrected chi connectivity index (χ1v) is 6.73. The van der Waals surface area contributed by atoms with Crippen LogP contribution in [0.5, 0.6) is 0 Å². The lowest BCUT2D eigenvalue weighted by molar-refractivity contribution is 0.615. The molecule has 0 radical (unpaired) electrons. The van der Waals surface area contributed by atoms with Gasteiger partial charge in [-0.25, -0.2) is 0 Å². The van der Waals surface area contributed by atoms with Gasteiger partial charge in [-0.15, -0.1) is 0 Å². The second-order valence-electron chi connectivity index (χ2n) is 5.44. The van der Waals surface area contributed by atoms with E-state index in [1.54, 1.807) is 0 Å². The summed E-state index contributed by atoms with van der Waals surface area (Å²) in [6.07, 6.45) is 9.71. The topological polar surface area (TPSA) is 17.8 Å². The molecule has 0 aromatic carbocycles. The van der Waals surface area contributed by atoms with Crippen LogP contribution in [0, 0.1) is 0 Å². The van der Waals surface area contributed by atoms with Gasteiger partial charge in [0.2, 0.25) is 0 Å². The molecule has 17 heavy (non-hydrogen) atoms. The molecule has 0 N–H and O–H groups in total. The monoisotopic (exact) mass is 228 g/mol. The van der Waals surface area contributed by atoms with E-state index in [9.17, 15) is 0 Å². The third-order valence-electron chi connectivity index (χ3n) is 3.97. The third kappa shape index (κ3) is 1.76. The summed E-state index contributed by atoms with van der Waals surface area (Å²) in [5.74, 6) is 0.743. The van der Waals surface area contributed by atoms with E-state index in [0.717, 1.165) is 5.92 Å². The molecule has 0 bridgehead atoms. The zero-order valence-electron chi connectivity index (χ0n) is 10.7. The molecule has 1 saturated carbocycles. The number of fused-ring (bicyclic) bond motifs is 1. The van der Waals surface area contributed by atoms with Gasteiger partial charge in [0.1, 0.15) is 0 Å². The summed E-state index contributed by atoms with van der Waals surface area (Å²) in [5.41, 5.74) is 4.00. The fourth-order valence-corrected chi connectivity index (χ4v) is 3.07. The van der Waals surface area contributed by atoms with E-state index in [4.69, 9.17) is 0 Å². The molecule has 3 rings (SSSR count). The smallest absolute Gasteiger partial charge is 0.0915 e. The highest BCUT2D eigenvalue weighted by molar-refractivity contribution is 5.80. The van der Waals surface area contributed by atoms with Gasteiger partial charge in [0.25, 0.3) is 0 Å². The highest BCUT2D eigenvalue weighted by Crippen LogP contribution is 2.38. The first-order valence-electron chi connectivity index (χ1n) is 6.73. The van der Waals surface area contributed by atoms with E-state index in [-0.39, 0.29) is 0 Å². The van der Waals surface area contributed by atoms with Gasteiger partial charge in [0.05, 0.1) is 11.0 Å². The van der Waals surface area contributed by atoms with E-state index in [1.165, 1.54) is 42.3 Å². The van der Waals surface area contributed by atoms with Crippen LogP contribution in [-0.2, 0) is 0 Å².